The molecule has 29 heavy (non-hydrogen) atoms. The van der Waals surface area contributed by atoms with Crippen LogP contribution in [0.25, 0.3) is 0 Å². The summed E-state index contributed by atoms with van der Waals surface area (Å²) in [5.41, 5.74) is 8.26. The highest BCUT2D eigenvalue weighted by Gasteiger charge is 2.19. The topological polar surface area (TPSA) is 85.4 Å². The zero-order chi connectivity index (χ0) is 20.6. The van der Waals surface area contributed by atoms with Crippen molar-refractivity contribution in [1.29, 1.82) is 0 Å². The monoisotopic (exact) mass is 428 g/mol. The molecule has 0 aromatic heterocycles. The van der Waals surface area contributed by atoms with Crippen molar-refractivity contribution in [3.05, 3.63) is 94.7 Å². The summed E-state index contributed by atoms with van der Waals surface area (Å²) in [6.45, 7) is 0. The zero-order valence-corrected chi connectivity index (χ0v) is 17.0. The molecule has 5 N–H and O–H groups in total. The fraction of sp³-hybridized carbons (Fsp3) is 0.143. The molecule has 0 fully saturated rings. The van der Waals surface area contributed by atoms with E-state index in [4.69, 9.17) is 28.9 Å². The zero-order valence-electron chi connectivity index (χ0n) is 15.4. The van der Waals surface area contributed by atoms with Gasteiger partial charge in [0, 0.05) is 6.20 Å². The first-order chi connectivity index (χ1) is 14.0. The van der Waals surface area contributed by atoms with Gasteiger partial charge in [0.25, 0.3) is 0 Å². The Balaban J connectivity index is 1.60. The number of carbonyl (C=O) groups is 1. The maximum atomic E-state index is 11.0. The molecule has 0 spiro atoms. The smallest absolute Gasteiger partial charge is 0.337 e. The Kier molecular flexibility index (Phi) is 7.24. The SMILES string of the molecule is O=C(O)C1=CNC(NNC(=S)NC(Cc2ccccc2)c2ccccc2)C(Cl)=C1. The summed E-state index contributed by atoms with van der Waals surface area (Å²) < 4.78 is 0. The fourth-order valence-corrected chi connectivity index (χ4v) is 3.32. The normalized spacial score (nSPS) is 16.7. The molecule has 0 bridgehead atoms. The van der Waals surface area contributed by atoms with Gasteiger partial charge in [-0.1, -0.05) is 72.3 Å². The van der Waals surface area contributed by atoms with Gasteiger partial charge in [-0.05, 0) is 35.8 Å². The summed E-state index contributed by atoms with van der Waals surface area (Å²) in [5.74, 6) is -1.05. The van der Waals surface area contributed by atoms with Crippen LogP contribution in [0.2, 0.25) is 0 Å². The Hall–Kier alpha value is -2.87. The molecule has 6 nitrogen and oxygen atoms in total. The molecule has 1 heterocycles. The average molecular weight is 429 g/mol. The van der Waals surface area contributed by atoms with Gasteiger partial charge >= 0.3 is 5.97 Å². The third-order valence-corrected chi connectivity index (χ3v) is 4.89. The first-order valence-corrected chi connectivity index (χ1v) is 9.79. The summed E-state index contributed by atoms with van der Waals surface area (Å²) in [6.07, 6.45) is 3.04. The van der Waals surface area contributed by atoms with Crippen molar-refractivity contribution >= 4 is 34.9 Å². The number of halogens is 1. The molecule has 0 aliphatic carbocycles. The molecule has 3 rings (SSSR count). The number of hydrazine groups is 1. The molecular formula is C21H21ClN4O2S. The molecule has 2 aromatic carbocycles. The maximum Gasteiger partial charge on any atom is 0.337 e. The largest absolute Gasteiger partial charge is 0.478 e. The third kappa shape index (κ3) is 6.05. The van der Waals surface area contributed by atoms with Crippen LogP contribution < -0.4 is 21.5 Å². The van der Waals surface area contributed by atoms with Crippen LogP contribution in [0.5, 0.6) is 0 Å². The number of dihydropyridines is 1. The number of hydrogen-bond acceptors (Lipinski definition) is 4. The summed E-state index contributed by atoms with van der Waals surface area (Å²) in [6, 6.07) is 20.2. The Bertz CT molecular complexity index is 919. The molecule has 0 saturated carbocycles. The van der Waals surface area contributed by atoms with Crippen molar-refractivity contribution < 1.29 is 9.90 Å². The minimum Gasteiger partial charge on any atom is -0.478 e. The summed E-state index contributed by atoms with van der Waals surface area (Å²) >= 11 is 11.6. The summed E-state index contributed by atoms with van der Waals surface area (Å²) in [7, 11) is 0. The minimum atomic E-state index is -1.05. The second-order valence-corrected chi connectivity index (χ2v) is 7.27. The number of aliphatic carboxylic acids is 1. The van der Waals surface area contributed by atoms with Crippen molar-refractivity contribution in [1.82, 2.24) is 21.5 Å². The van der Waals surface area contributed by atoms with Gasteiger partial charge in [0.05, 0.1) is 16.6 Å². The minimum absolute atomic E-state index is 0.0239. The van der Waals surface area contributed by atoms with Crippen LogP contribution in [-0.4, -0.2) is 22.4 Å². The van der Waals surface area contributed by atoms with Crippen LogP contribution in [0.1, 0.15) is 17.2 Å². The van der Waals surface area contributed by atoms with Crippen LogP contribution in [0.4, 0.5) is 0 Å². The van der Waals surface area contributed by atoms with Gasteiger partial charge in [0.1, 0.15) is 6.17 Å². The van der Waals surface area contributed by atoms with Crippen molar-refractivity contribution in [2.45, 2.75) is 18.6 Å². The number of nitrogens with one attached hydrogen (secondary N) is 4. The van der Waals surface area contributed by atoms with E-state index in [1.807, 2.05) is 36.4 Å². The van der Waals surface area contributed by atoms with Crippen LogP contribution in [0.15, 0.2) is 83.5 Å². The highest BCUT2D eigenvalue weighted by molar-refractivity contribution is 7.80. The highest BCUT2D eigenvalue weighted by Crippen LogP contribution is 2.18. The lowest BCUT2D eigenvalue weighted by molar-refractivity contribution is -0.132. The van der Waals surface area contributed by atoms with Gasteiger partial charge in [-0.2, -0.15) is 0 Å². The quantitative estimate of drug-likeness (QED) is 0.342. The average Bonchev–Trinajstić information content (AvgIpc) is 2.73. The molecule has 2 unspecified atom stereocenters. The van der Waals surface area contributed by atoms with E-state index < -0.39 is 12.1 Å². The number of benzene rings is 2. The van der Waals surface area contributed by atoms with Gasteiger partial charge in [0.15, 0.2) is 5.11 Å². The van der Waals surface area contributed by atoms with E-state index in [9.17, 15) is 4.79 Å². The van der Waals surface area contributed by atoms with E-state index >= 15 is 0 Å². The summed E-state index contributed by atoms with van der Waals surface area (Å²) in [5, 5.41) is 15.9. The lowest BCUT2D eigenvalue weighted by Gasteiger charge is -2.26. The Morgan fingerprint density at radius 2 is 1.79 bits per heavy atom. The van der Waals surface area contributed by atoms with Gasteiger partial charge in [-0.25, -0.2) is 10.2 Å². The number of thiocarbonyl (C=S) groups is 1. The van der Waals surface area contributed by atoms with Crippen molar-refractivity contribution in [3.63, 3.8) is 0 Å². The summed E-state index contributed by atoms with van der Waals surface area (Å²) in [4.78, 5) is 11.0. The Morgan fingerprint density at radius 3 is 2.41 bits per heavy atom. The van der Waals surface area contributed by atoms with Gasteiger partial charge < -0.3 is 15.7 Å². The molecular weight excluding hydrogens is 408 g/mol. The number of hydrogen-bond donors (Lipinski definition) is 5. The molecule has 0 amide bonds. The number of rotatable bonds is 7. The van der Waals surface area contributed by atoms with Gasteiger partial charge in [0.2, 0.25) is 0 Å². The first-order valence-electron chi connectivity index (χ1n) is 9.00. The molecule has 1 aliphatic rings. The number of carboxylic acids is 1. The lowest BCUT2D eigenvalue weighted by atomic mass is 9.99. The van der Waals surface area contributed by atoms with E-state index in [-0.39, 0.29) is 11.6 Å². The van der Waals surface area contributed by atoms with Crippen molar-refractivity contribution in [2.24, 2.45) is 0 Å². The van der Waals surface area contributed by atoms with Crippen LogP contribution in [-0.2, 0) is 11.2 Å². The molecule has 0 saturated heterocycles. The Morgan fingerprint density at radius 1 is 1.14 bits per heavy atom. The lowest BCUT2D eigenvalue weighted by Crippen LogP contribution is -2.54. The standard InChI is InChI=1S/C21H21ClN4O2S/c22-17-12-16(20(27)28)13-23-19(17)25-26-21(29)24-18(15-9-5-2-6-10-15)11-14-7-3-1-4-8-14/h1-10,12-13,18-19,23,25H,11H2,(H,27,28)(H2,24,26,29). The first kappa shape index (κ1) is 20.9. The molecule has 1 aliphatic heterocycles. The van der Waals surface area contributed by atoms with Gasteiger partial charge in [-0.15, -0.1) is 0 Å². The molecule has 0 radical (unpaired) electrons. The van der Waals surface area contributed by atoms with Crippen molar-refractivity contribution in [2.75, 3.05) is 0 Å². The predicted octanol–water partition coefficient (Wildman–Crippen LogP) is 2.96. The van der Waals surface area contributed by atoms with Crippen LogP contribution in [0.3, 0.4) is 0 Å². The van der Waals surface area contributed by atoms with Crippen LogP contribution >= 0.6 is 23.8 Å². The highest BCUT2D eigenvalue weighted by atomic mass is 35.5. The van der Waals surface area contributed by atoms with E-state index in [2.05, 4.69) is 45.8 Å². The Labute approximate surface area is 179 Å². The third-order valence-electron chi connectivity index (χ3n) is 4.34. The molecule has 2 aromatic rings. The van der Waals surface area contributed by atoms with E-state index in [1.165, 1.54) is 17.8 Å². The van der Waals surface area contributed by atoms with Gasteiger partial charge in [-0.3, -0.25) is 5.43 Å². The fourth-order valence-electron chi connectivity index (χ4n) is 2.88. The van der Waals surface area contributed by atoms with E-state index in [0.29, 0.717) is 10.1 Å². The van der Waals surface area contributed by atoms with E-state index in [1.54, 1.807) is 0 Å². The second-order valence-electron chi connectivity index (χ2n) is 6.43. The number of carboxylic acid groups (broad SMARTS) is 1. The molecule has 8 heteroatoms. The molecule has 2 atom stereocenters. The van der Waals surface area contributed by atoms with Crippen LogP contribution in [0, 0.1) is 0 Å². The van der Waals surface area contributed by atoms with Crippen molar-refractivity contribution in [3.8, 4) is 0 Å². The van der Waals surface area contributed by atoms with E-state index in [0.717, 1.165) is 12.0 Å². The molecule has 150 valence electrons. The second kappa shape index (κ2) is 10.1. The predicted molar refractivity (Wildman–Crippen MR) is 118 cm³/mol. The maximum absolute atomic E-state index is 11.0.